The van der Waals surface area contributed by atoms with Crippen LogP contribution in [-0.4, -0.2) is 15.9 Å². The SMILES string of the molecule is CCC(C)/C(=C(\C(=O)c1ccc(Cl)cc1)C(O)c1cccnc1)c1ccc(F)cc1F. The second-order valence-corrected chi connectivity index (χ2v) is 7.72. The van der Waals surface area contributed by atoms with Crippen LogP contribution in [0.2, 0.25) is 5.02 Å². The Labute approximate surface area is 185 Å². The summed E-state index contributed by atoms with van der Waals surface area (Å²) < 4.78 is 28.4. The molecule has 160 valence electrons. The molecular formula is C25H22ClF2NO2. The second-order valence-electron chi connectivity index (χ2n) is 7.29. The Bertz CT molecular complexity index is 1100. The number of carbonyl (C=O) groups is 1. The first-order valence-corrected chi connectivity index (χ1v) is 10.3. The van der Waals surface area contributed by atoms with E-state index in [-0.39, 0.29) is 17.1 Å². The summed E-state index contributed by atoms with van der Waals surface area (Å²) in [5, 5.41) is 11.7. The number of carbonyl (C=O) groups excluding carboxylic acids is 1. The molecular weight excluding hydrogens is 420 g/mol. The molecule has 1 aromatic heterocycles. The van der Waals surface area contributed by atoms with E-state index in [0.717, 1.165) is 12.1 Å². The summed E-state index contributed by atoms with van der Waals surface area (Å²) in [5.74, 6) is -2.28. The number of Topliss-reactive ketones (excluding diaryl/α,β-unsaturated/α-hetero) is 1. The highest BCUT2D eigenvalue weighted by atomic mass is 35.5. The Morgan fingerprint density at radius 3 is 2.42 bits per heavy atom. The number of hydrogen-bond donors (Lipinski definition) is 1. The number of hydrogen-bond acceptors (Lipinski definition) is 3. The van der Waals surface area contributed by atoms with E-state index in [1.54, 1.807) is 42.6 Å². The van der Waals surface area contributed by atoms with Crippen molar-refractivity contribution in [3.05, 3.63) is 106 Å². The molecule has 6 heteroatoms. The van der Waals surface area contributed by atoms with E-state index < -0.39 is 23.5 Å². The van der Waals surface area contributed by atoms with Crippen molar-refractivity contribution in [2.75, 3.05) is 0 Å². The standard InChI is InChI=1S/C25H22ClF2NO2/c1-3-15(2)22(20-11-10-19(27)13-21(20)28)23(25(31)17-5-4-12-29-14-17)24(30)16-6-8-18(26)9-7-16/h4-15,25,31H,3H2,1-2H3/b23-22-. The van der Waals surface area contributed by atoms with Gasteiger partial charge in [0.25, 0.3) is 0 Å². The lowest BCUT2D eigenvalue weighted by Gasteiger charge is -2.24. The van der Waals surface area contributed by atoms with Crippen LogP contribution in [0.3, 0.4) is 0 Å². The van der Waals surface area contributed by atoms with E-state index in [2.05, 4.69) is 4.98 Å². The number of aliphatic hydroxyl groups is 1. The second kappa shape index (κ2) is 9.94. The summed E-state index contributed by atoms with van der Waals surface area (Å²) >= 11 is 5.96. The van der Waals surface area contributed by atoms with Gasteiger partial charge in [0.15, 0.2) is 5.78 Å². The van der Waals surface area contributed by atoms with Crippen LogP contribution in [0.15, 0.2) is 72.6 Å². The molecule has 1 N–H and O–H groups in total. The van der Waals surface area contributed by atoms with Crippen molar-refractivity contribution in [1.82, 2.24) is 4.98 Å². The molecule has 2 aromatic carbocycles. The van der Waals surface area contributed by atoms with Gasteiger partial charge >= 0.3 is 0 Å². The predicted octanol–water partition coefficient (Wildman–Crippen LogP) is 6.43. The molecule has 0 saturated heterocycles. The van der Waals surface area contributed by atoms with E-state index in [0.29, 0.717) is 28.1 Å². The Balaban J connectivity index is 2.32. The summed E-state index contributed by atoms with van der Waals surface area (Å²) in [5.41, 5.74) is 1.12. The fraction of sp³-hybridized carbons (Fsp3) is 0.200. The van der Waals surface area contributed by atoms with Crippen LogP contribution in [0.4, 0.5) is 8.78 Å². The Kier molecular flexibility index (Phi) is 7.31. The van der Waals surface area contributed by atoms with E-state index in [9.17, 15) is 18.7 Å². The third-order valence-electron chi connectivity index (χ3n) is 5.24. The predicted molar refractivity (Wildman–Crippen MR) is 118 cm³/mol. The van der Waals surface area contributed by atoms with Crippen molar-refractivity contribution < 1.29 is 18.7 Å². The number of allylic oxidation sites excluding steroid dienone is 1. The lowest BCUT2D eigenvalue weighted by atomic mass is 9.81. The van der Waals surface area contributed by atoms with Gasteiger partial charge in [-0.3, -0.25) is 9.78 Å². The zero-order valence-corrected chi connectivity index (χ0v) is 17.9. The topological polar surface area (TPSA) is 50.2 Å². The highest BCUT2D eigenvalue weighted by molar-refractivity contribution is 6.30. The lowest BCUT2D eigenvalue weighted by molar-refractivity contribution is 0.0987. The zero-order valence-electron chi connectivity index (χ0n) is 17.1. The van der Waals surface area contributed by atoms with Crippen LogP contribution in [0.5, 0.6) is 0 Å². The molecule has 1 heterocycles. The smallest absolute Gasteiger partial charge is 0.192 e. The van der Waals surface area contributed by atoms with Gasteiger partial charge in [-0.2, -0.15) is 0 Å². The summed E-state index contributed by atoms with van der Waals surface area (Å²) in [6.45, 7) is 3.73. The molecule has 31 heavy (non-hydrogen) atoms. The highest BCUT2D eigenvalue weighted by Crippen LogP contribution is 2.38. The van der Waals surface area contributed by atoms with Gasteiger partial charge in [-0.15, -0.1) is 0 Å². The third kappa shape index (κ3) is 5.06. The zero-order chi connectivity index (χ0) is 22.5. The fourth-order valence-corrected chi connectivity index (χ4v) is 3.57. The number of aromatic nitrogens is 1. The average Bonchev–Trinajstić information content (AvgIpc) is 2.78. The summed E-state index contributed by atoms with van der Waals surface area (Å²) in [6.07, 6.45) is 2.22. The average molecular weight is 442 g/mol. The third-order valence-corrected chi connectivity index (χ3v) is 5.49. The van der Waals surface area contributed by atoms with Crippen LogP contribution in [0.1, 0.15) is 47.9 Å². The molecule has 0 radical (unpaired) electrons. The molecule has 0 saturated carbocycles. The summed E-state index contributed by atoms with van der Waals surface area (Å²) in [6, 6.07) is 12.8. The van der Waals surface area contributed by atoms with Gasteiger partial charge in [0, 0.05) is 45.7 Å². The molecule has 2 unspecified atom stereocenters. The van der Waals surface area contributed by atoms with Crippen LogP contribution in [0, 0.1) is 17.6 Å². The molecule has 0 amide bonds. The number of pyridine rings is 1. The van der Waals surface area contributed by atoms with Gasteiger partial charge in [-0.05, 0) is 60.4 Å². The highest BCUT2D eigenvalue weighted by Gasteiger charge is 2.30. The molecule has 2 atom stereocenters. The Hall–Kier alpha value is -2.89. The monoisotopic (exact) mass is 441 g/mol. The van der Waals surface area contributed by atoms with Crippen LogP contribution >= 0.6 is 11.6 Å². The van der Waals surface area contributed by atoms with Gasteiger partial charge in [0.1, 0.15) is 17.7 Å². The number of benzene rings is 2. The maximum absolute atomic E-state index is 14.8. The van der Waals surface area contributed by atoms with Crippen molar-refractivity contribution in [2.45, 2.75) is 26.4 Å². The van der Waals surface area contributed by atoms with Gasteiger partial charge in [0.2, 0.25) is 0 Å². The maximum atomic E-state index is 14.8. The number of halogens is 3. The largest absolute Gasteiger partial charge is 0.383 e. The Morgan fingerprint density at radius 1 is 1.13 bits per heavy atom. The van der Waals surface area contributed by atoms with Crippen LogP contribution in [-0.2, 0) is 0 Å². The van der Waals surface area contributed by atoms with Gasteiger partial charge in [-0.1, -0.05) is 31.5 Å². The normalized spacial score (nSPS) is 14.0. The van der Waals surface area contributed by atoms with E-state index in [1.807, 2.05) is 13.8 Å². The van der Waals surface area contributed by atoms with Crippen LogP contribution in [0.25, 0.3) is 5.57 Å². The van der Waals surface area contributed by atoms with Crippen LogP contribution < -0.4 is 0 Å². The minimum absolute atomic E-state index is 0.0233. The number of rotatable bonds is 7. The first kappa shape index (κ1) is 22.8. The van der Waals surface area contributed by atoms with Crippen molar-refractivity contribution >= 4 is 23.0 Å². The summed E-state index contributed by atoms with van der Waals surface area (Å²) in [4.78, 5) is 17.6. The first-order chi connectivity index (χ1) is 14.8. The van der Waals surface area contributed by atoms with E-state index in [4.69, 9.17) is 11.6 Å². The van der Waals surface area contributed by atoms with Crippen molar-refractivity contribution in [1.29, 1.82) is 0 Å². The van der Waals surface area contributed by atoms with Crippen molar-refractivity contribution in [2.24, 2.45) is 5.92 Å². The lowest BCUT2D eigenvalue weighted by Crippen LogP contribution is -2.18. The minimum Gasteiger partial charge on any atom is -0.383 e. The minimum atomic E-state index is -1.36. The van der Waals surface area contributed by atoms with E-state index >= 15 is 0 Å². The molecule has 0 spiro atoms. The number of ketones is 1. The Morgan fingerprint density at radius 2 is 1.84 bits per heavy atom. The van der Waals surface area contributed by atoms with Crippen molar-refractivity contribution in [3.63, 3.8) is 0 Å². The first-order valence-electron chi connectivity index (χ1n) is 9.91. The molecule has 3 nitrogen and oxygen atoms in total. The molecule has 0 bridgehead atoms. The molecule has 0 aliphatic carbocycles. The fourth-order valence-electron chi connectivity index (χ4n) is 3.44. The molecule has 3 aromatic rings. The molecule has 0 aliphatic rings. The van der Waals surface area contributed by atoms with Gasteiger partial charge in [-0.25, -0.2) is 8.78 Å². The summed E-state index contributed by atoms with van der Waals surface area (Å²) in [7, 11) is 0. The molecule has 3 rings (SSSR count). The maximum Gasteiger partial charge on any atom is 0.192 e. The molecule has 0 fully saturated rings. The number of nitrogens with zero attached hydrogens (tertiary/aromatic N) is 1. The molecule has 0 aliphatic heterocycles. The van der Waals surface area contributed by atoms with Gasteiger partial charge in [0.05, 0.1) is 0 Å². The van der Waals surface area contributed by atoms with Gasteiger partial charge < -0.3 is 5.11 Å². The van der Waals surface area contributed by atoms with E-state index in [1.165, 1.54) is 12.3 Å². The van der Waals surface area contributed by atoms with Crippen molar-refractivity contribution in [3.8, 4) is 0 Å². The number of aliphatic hydroxyl groups excluding tert-OH is 1. The quantitative estimate of drug-likeness (QED) is 0.339.